The van der Waals surface area contributed by atoms with E-state index >= 15 is 0 Å². The number of ether oxygens (including phenoxy) is 2. The van der Waals surface area contributed by atoms with Gasteiger partial charge in [0.25, 0.3) is 0 Å². The summed E-state index contributed by atoms with van der Waals surface area (Å²) < 4.78 is 10.9. The van der Waals surface area contributed by atoms with E-state index in [0.717, 1.165) is 12.8 Å². The summed E-state index contributed by atoms with van der Waals surface area (Å²) in [6.45, 7) is 5.31. The molecule has 7 heteroatoms. The number of nitrogens with zero attached hydrogens (tertiary/aromatic N) is 1. The first-order chi connectivity index (χ1) is 10.5. The molecule has 1 aromatic carbocycles. The molecule has 0 bridgehead atoms. The molecule has 0 spiro atoms. The van der Waals surface area contributed by atoms with Gasteiger partial charge in [-0.3, -0.25) is 0 Å². The Bertz CT molecular complexity index is 458. The average molecular weight is 350 g/mol. The molecule has 1 rings (SSSR count). The smallest absolute Gasteiger partial charge is 0.156 e. The molecule has 1 N–H and O–H groups in total. The number of aromatic hydroxyl groups is 1. The maximum absolute atomic E-state index is 9.32. The quantitative estimate of drug-likeness (QED) is 0.389. The van der Waals surface area contributed by atoms with Gasteiger partial charge in [0.05, 0.1) is 29.5 Å². The van der Waals surface area contributed by atoms with Crippen molar-refractivity contribution in [1.29, 1.82) is 0 Å². The lowest BCUT2D eigenvalue weighted by Gasteiger charge is -2.10. The molecule has 22 heavy (non-hydrogen) atoms. The SMILES string of the molecule is CC(C)ON=CCOCCCCOc1c(Cl)cc(O)cc1Cl. The highest BCUT2D eigenvalue weighted by Crippen LogP contribution is 2.36. The molecular weight excluding hydrogens is 329 g/mol. The standard InChI is InChI=1S/C15H21Cl2NO4/c1-11(2)22-18-5-8-20-6-3-4-7-21-15-13(16)9-12(19)10-14(15)17/h5,9-11,19H,3-4,6-8H2,1-2H3. The first kappa shape index (κ1) is 18.9. The van der Waals surface area contributed by atoms with E-state index in [-0.39, 0.29) is 11.9 Å². The van der Waals surface area contributed by atoms with Gasteiger partial charge in [0.15, 0.2) is 5.75 Å². The van der Waals surface area contributed by atoms with Crippen LogP contribution in [0.3, 0.4) is 0 Å². The molecule has 0 aromatic heterocycles. The summed E-state index contributed by atoms with van der Waals surface area (Å²) in [5, 5.41) is 13.7. The van der Waals surface area contributed by atoms with Crippen LogP contribution in [0.15, 0.2) is 17.3 Å². The summed E-state index contributed by atoms with van der Waals surface area (Å²) in [6, 6.07) is 2.79. The van der Waals surface area contributed by atoms with Crippen LogP contribution in [0.25, 0.3) is 0 Å². The summed E-state index contributed by atoms with van der Waals surface area (Å²) in [5.41, 5.74) is 0. The molecule has 1 aromatic rings. The third kappa shape index (κ3) is 7.73. The lowest BCUT2D eigenvalue weighted by atomic mass is 10.3. The van der Waals surface area contributed by atoms with Crippen LogP contribution in [0.4, 0.5) is 0 Å². The van der Waals surface area contributed by atoms with Crippen molar-refractivity contribution in [1.82, 2.24) is 0 Å². The molecule has 0 saturated heterocycles. The third-order valence-corrected chi connectivity index (χ3v) is 3.01. The normalized spacial score (nSPS) is 11.3. The first-order valence-electron chi connectivity index (χ1n) is 7.07. The zero-order valence-electron chi connectivity index (χ0n) is 12.7. The number of halogens is 2. The van der Waals surface area contributed by atoms with Crippen LogP contribution >= 0.6 is 23.2 Å². The minimum Gasteiger partial charge on any atom is -0.508 e. The van der Waals surface area contributed by atoms with Gasteiger partial charge in [-0.1, -0.05) is 28.4 Å². The van der Waals surface area contributed by atoms with Crippen LogP contribution < -0.4 is 4.74 Å². The highest BCUT2D eigenvalue weighted by molar-refractivity contribution is 6.37. The zero-order chi connectivity index (χ0) is 16.4. The fourth-order valence-corrected chi connectivity index (χ4v) is 2.08. The fourth-order valence-electron chi connectivity index (χ4n) is 1.50. The Morgan fingerprint density at radius 2 is 1.82 bits per heavy atom. The number of phenolic OH excluding ortho intramolecular Hbond substituents is 1. The fraction of sp³-hybridized carbons (Fsp3) is 0.533. The van der Waals surface area contributed by atoms with Crippen molar-refractivity contribution in [2.24, 2.45) is 5.16 Å². The molecule has 0 amide bonds. The molecule has 0 aliphatic carbocycles. The van der Waals surface area contributed by atoms with Gasteiger partial charge in [-0.25, -0.2) is 0 Å². The summed E-state index contributed by atoms with van der Waals surface area (Å²) >= 11 is 11.9. The molecule has 0 aliphatic rings. The summed E-state index contributed by atoms with van der Waals surface area (Å²) in [5.74, 6) is 0.402. The van der Waals surface area contributed by atoms with E-state index in [9.17, 15) is 5.11 Å². The second-order valence-electron chi connectivity index (χ2n) is 4.81. The Labute approximate surface area is 140 Å². The van der Waals surface area contributed by atoms with Crippen LogP contribution in [-0.4, -0.2) is 37.2 Å². The highest BCUT2D eigenvalue weighted by atomic mass is 35.5. The van der Waals surface area contributed by atoms with Crippen LogP contribution in [0.1, 0.15) is 26.7 Å². The van der Waals surface area contributed by atoms with Gasteiger partial charge in [-0.2, -0.15) is 0 Å². The van der Waals surface area contributed by atoms with Gasteiger partial charge in [-0.15, -0.1) is 0 Å². The second kappa shape index (κ2) is 10.5. The molecule has 5 nitrogen and oxygen atoms in total. The number of unbranched alkanes of at least 4 members (excludes halogenated alkanes) is 1. The van der Waals surface area contributed by atoms with E-state index in [1.165, 1.54) is 12.1 Å². The maximum atomic E-state index is 9.32. The van der Waals surface area contributed by atoms with Crippen molar-refractivity contribution >= 4 is 29.4 Å². The molecule has 124 valence electrons. The Hall–Kier alpha value is -1.17. The molecule has 0 atom stereocenters. The monoisotopic (exact) mass is 349 g/mol. The van der Waals surface area contributed by atoms with E-state index in [1.807, 2.05) is 13.8 Å². The third-order valence-electron chi connectivity index (χ3n) is 2.45. The van der Waals surface area contributed by atoms with E-state index in [0.29, 0.717) is 35.6 Å². The van der Waals surface area contributed by atoms with Crippen LogP contribution in [0, 0.1) is 0 Å². The molecule has 0 radical (unpaired) electrons. The van der Waals surface area contributed by atoms with Crippen LogP contribution in [0.5, 0.6) is 11.5 Å². The van der Waals surface area contributed by atoms with Crippen molar-refractivity contribution in [2.75, 3.05) is 19.8 Å². The number of hydrogen-bond acceptors (Lipinski definition) is 5. The molecule has 0 aliphatic heterocycles. The summed E-state index contributed by atoms with van der Waals surface area (Å²) in [7, 11) is 0. The first-order valence-corrected chi connectivity index (χ1v) is 7.82. The minimum atomic E-state index is 0.0128. The highest BCUT2D eigenvalue weighted by Gasteiger charge is 2.09. The summed E-state index contributed by atoms with van der Waals surface area (Å²) in [6.07, 6.45) is 3.30. The minimum absolute atomic E-state index is 0.0128. The predicted octanol–water partition coefficient (Wildman–Crippen LogP) is 4.29. The number of rotatable bonds is 10. The molecule has 0 heterocycles. The van der Waals surface area contributed by atoms with Crippen molar-refractivity contribution < 1.29 is 19.4 Å². The number of phenols is 1. The van der Waals surface area contributed by atoms with Gasteiger partial charge in [0, 0.05) is 18.7 Å². The van der Waals surface area contributed by atoms with E-state index in [1.54, 1.807) is 6.21 Å². The second-order valence-corrected chi connectivity index (χ2v) is 5.63. The van der Waals surface area contributed by atoms with Crippen LogP contribution in [-0.2, 0) is 9.57 Å². The van der Waals surface area contributed by atoms with E-state index < -0.39 is 0 Å². The van der Waals surface area contributed by atoms with Crippen LogP contribution in [0.2, 0.25) is 10.0 Å². The van der Waals surface area contributed by atoms with Gasteiger partial charge in [0.2, 0.25) is 0 Å². The lowest BCUT2D eigenvalue weighted by Crippen LogP contribution is -2.03. The maximum Gasteiger partial charge on any atom is 0.156 e. The average Bonchev–Trinajstić information content (AvgIpc) is 2.42. The summed E-state index contributed by atoms with van der Waals surface area (Å²) in [4.78, 5) is 4.99. The molecule has 0 unspecified atom stereocenters. The van der Waals surface area contributed by atoms with Gasteiger partial charge in [-0.05, 0) is 26.7 Å². The van der Waals surface area contributed by atoms with Gasteiger partial charge >= 0.3 is 0 Å². The van der Waals surface area contributed by atoms with Gasteiger partial charge in [0.1, 0.15) is 11.9 Å². The number of hydrogen-bond donors (Lipinski definition) is 1. The Kier molecular flexibility index (Phi) is 9.04. The Morgan fingerprint density at radius 1 is 1.18 bits per heavy atom. The molecule has 0 saturated carbocycles. The molecular formula is C15H21Cl2NO4. The van der Waals surface area contributed by atoms with Crippen molar-refractivity contribution in [3.8, 4) is 11.5 Å². The predicted molar refractivity (Wildman–Crippen MR) is 88.4 cm³/mol. The van der Waals surface area contributed by atoms with Crippen molar-refractivity contribution in [3.63, 3.8) is 0 Å². The van der Waals surface area contributed by atoms with Gasteiger partial charge < -0.3 is 19.4 Å². The topological polar surface area (TPSA) is 60.3 Å². The van der Waals surface area contributed by atoms with E-state index in [2.05, 4.69) is 5.16 Å². The molecule has 0 fully saturated rings. The largest absolute Gasteiger partial charge is 0.508 e. The Balaban J connectivity index is 2.10. The number of benzene rings is 1. The Morgan fingerprint density at radius 3 is 2.45 bits per heavy atom. The van der Waals surface area contributed by atoms with Crippen molar-refractivity contribution in [2.45, 2.75) is 32.8 Å². The van der Waals surface area contributed by atoms with Crippen molar-refractivity contribution in [3.05, 3.63) is 22.2 Å². The lowest BCUT2D eigenvalue weighted by molar-refractivity contribution is 0.0839. The number of oxime groups is 1. The van der Waals surface area contributed by atoms with E-state index in [4.69, 9.17) is 37.5 Å². The zero-order valence-corrected chi connectivity index (χ0v) is 14.2.